The summed E-state index contributed by atoms with van der Waals surface area (Å²) in [5, 5.41) is 0. The van der Waals surface area contributed by atoms with Gasteiger partial charge in [0.25, 0.3) is 0 Å². The molecule has 17 heavy (non-hydrogen) atoms. The van der Waals surface area contributed by atoms with Crippen molar-refractivity contribution in [2.45, 2.75) is 25.8 Å². The second-order valence-corrected chi connectivity index (χ2v) is 4.75. The zero-order chi connectivity index (χ0) is 12.3. The van der Waals surface area contributed by atoms with E-state index in [0.717, 1.165) is 17.9 Å². The monoisotopic (exact) mass is 234 g/mol. The lowest BCUT2D eigenvalue weighted by Gasteiger charge is -2.37. The Morgan fingerprint density at radius 1 is 1.41 bits per heavy atom. The minimum Gasteiger partial charge on any atom is -0.397 e. The van der Waals surface area contributed by atoms with Gasteiger partial charge in [0, 0.05) is 32.4 Å². The molecule has 0 saturated carbocycles. The highest BCUT2D eigenvalue weighted by atomic mass is 15.2. The van der Waals surface area contributed by atoms with Crippen molar-refractivity contribution < 1.29 is 0 Å². The first kappa shape index (κ1) is 12.2. The number of likely N-dealkylation sites (tertiary alicyclic amines) is 1. The van der Waals surface area contributed by atoms with Crippen LogP contribution >= 0.6 is 0 Å². The van der Waals surface area contributed by atoms with Crippen molar-refractivity contribution in [3.8, 4) is 0 Å². The summed E-state index contributed by atoms with van der Waals surface area (Å²) in [6.45, 7) is 5.78. The Kier molecular flexibility index (Phi) is 3.84. The Labute approximate surface area is 103 Å². The molecule has 2 N–H and O–H groups in total. The Bertz CT molecular complexity index is 358. The van der Waals surface area contributed by atoms with Crippen molar-refractivity contribution >= 4 is 11.4 Å². The van der Waals surface area contributed by atoms with Gasteiger partial charge in [-0.05, 0) is 25.5 Å². The summed E-state index contributed by atoms with van der Waals surface area (Å²) in [6, 6.07) is 2.61. The number of hydrogen-bond acceptors (Lipinski definition) is 4. The molecule has 0 aliphatic carbocycles. The van der Waals surface area contributed by atoms with Crippen LogP contribution in [0.5, 0.6) is 0 Å². The summed E-state index contributed by atoms with van der Waals surface area (Å²) >= 11 is 0. The number of nitrogen functional groups attached to an aromatic ring is 1. The first-order valence-electron chi connectivity index (χ1n) is 6.36. The molecule has 0 aromatic carbocycles. The molecular formula is C13H22N4. The molecule has 2 heterocycles. The fourth-order valence-electron chi connectivity index (χ4n) is 2.47. The van der Waals surface area contributed by atoms with Gasteiger partial charge >= 0.3 is 0 Å². The van der Waals surface area contributed by atoms with Crippen LogP contribution in [0.4, 0.5) is 11.4 Å². The zero-order valence-electron chi connectivity index (χ0n) is 10.8. The van der Waals surface area contributed by atoms with Gasteiger partial charge in [0.05, 0.1) is 17.6 Å². The van der Waals surface area contributed by atoms with Gasteiger partial charge in [0.2, 0.25) is 0 Å². The van der Waals surface area contributed by atoms with Crippen LogP contribution in [0, 0.1) is 0 Å². The van der Waals surface area contributed by atoms with Gasteiger partial charge < -0.3 is 15.5 Å². The van der Waals surface area contributed by atoms with E-state index >= 15 is 0 Å². The van der Waals surface area contributed by atoms with E-state index in [1.54, 1.807) is 6.20 Å². The molecule has 0 spiro atoms. The average Bonchev–Trinajstić information content (AvgIpc) is 2.38. The second-order valence-electron chi connectivity index (χ2n) is 4.75. The normalized spacial score (nSPS) is 18.2. The summed E-state index contributed by atoms with van der Waals surface area (Å²) in [5.41, 5.74) is 7.63. The Morgan fingerprint density at radius 3 is 2.71 bits per heavy atom. The van der Waals surface area contributed by atoms with Gasteiger partial charge in [0.15, 0.2) is 0 Å². The van der Waals surface area contributed by atoms with Crippen LogP contribution in [-0.2, 0) is 0 Å². The van der Waals surface area contributed by atoms with E-state index in [9.17, 15) is 0 Å². The third-order valence-electron chi connectivity index (χ3n) is 3.70. The maximum Gasteiger partial charge on any atom is 0.0573 e. The summed E-state index contributed by atoms with van der Waals surface area (Å²) in [4.78, 5) is 8.97. The molecule has 0 bridgehead atoms. The Hall–Kier alpha value is -1.29. The maximum atomic E-state index is 5.77. The van der Waals surface area contributed by atoms with Crippen molar-refractivity contribution in [3.63, 3.8) is 0 Å². The first-order chi connectivity index (χ1) is 8.20. The molecule has 1 saturated heterocycles. The molecule has 1 fully saturated rings. The highest BCUT2D eigenvalue weighted by Gasteiger charge is 2.21. The van der Waals surface area contributed by atoms with E-state index in [0.29, 0.717) is 6.04 Å². The van der Waals surface area contributed by atoms with Crippen molar-refractivity contribution in [1.82, 2.24) is 9.88 Å². The third-order valence-corrected chi connectivity index (χ3v) is 3.70. The maximum absolute atomic E-state index is 5.77. The van der Waals surface area contributed by atoms with Crippen LogP contribution in [0.1, 0.15) is 19.8 Å². The van der Waals surface area contributed by atoms with Gasteiger partial charge in [-0.15, -0.1) is 0 Å². The number of pyridine rings is 1. The van der Waals surface area contributed by atoms with Crippen LogP contribution in [0.3, 0.4) is 0 Å². The lowest BCUT2D eigenvalue weighted by molar-refractivity contribution is 0.221. The minimum absolute atomic E-state index is 0.612. The fraction of sp³-hybridized carbons (Fsp3) is 0.615. The van der Waals surface area contributed by atoms with E-state index in [1.165, 1.54) is 25.9 Å². The SMILES string of the molecule is CCN1CCC(N(C)c2cncc(N)c2)CC1. The molecule has 0 amide bonds. The second kappa shape index (κ2) is 5.36. The number of anilines is 2. The van der Waals surface area contributed by atoms with E-state index in [1.807, 2.05) is 12.3 Å². The molecule has 4 nitrogen and oxygen atoms in total. The number of nitrogens with two attached hydrogens (primary N) is 1. The number of piperidine rings is 1. The largest absolute Gasteiger partial charge is 0.397 e. The molecule has 1 aromatic heterocycles. The van der Waals surface area contributed by atoms with Crippen molar-refractivity contribution in [3.05, 3.63) is 18.5 Å². The first-order valence-corrected chi connectivity index (χ1v) is 6.36. The van der Waals surface area contributed by atoms with E-state index in [4.69, 9.17) is 5.73 Å². The van der Waals surface area contributed by atoms with Crippen LogP contribution in [-0.4, -0.2) is 42.6 Å². The molecule has 0 unspecified atom stereocenters. The van der Waals surface area contributed by atoms with Crippen molar-refractivity contribution in [2.75, 3.05) is 37.3 Å². The standard InChI is InChI=1S/C13H22N4/c1-3-17-6-4-12(5-7-17)16(2)13-8-11(14)9-15-10-13/h8-10,12H,3-7,14H2,1-2H3. The van der Waals surface area contributed by atoms with E-state index < -0.39 is 0 Å². The van der Waals surface area contributed by atoms with Crippen LogP contribution < -0.4 is 10.6 Å². The third kappa shape index (κ3) is 2.88. The number of hydrogen-bond donors (Lipinski definition) is 1. The smallest absolute Gasteiger partial charge is 0.0573 e. The molecule has 0 atom stereocenters. The van der Waals surface area contributed by atoms with Gasteiger partial charge in [-0.2, -0.15) is 0 Å². The van der Waals surface area contributed by atoms with Crippen LogP contribution in [0.25, 0.3) is 0 Å². The molecule has 1 aromatic rings. The van der Waals surface area contributed by atoms with Crippen molar-refractivity contribution in [1.29, 1.82) is 0 Å². The summed E-state index contributed by atoms with van der Waals surface area (Å²) in [6.07, 6.45) is 6.03. The number of rotatable bonds is 3. The van der Waals surface area contributed by atoms with Crippen LogP contribution in [0.2, 0.25) is 0 Å². The van der Waals surface area contributed by atoms with Gasteiger partial charge in [-0.3, -0.25) is 4.98 Å². The molecule has 2 rings (SSSR count). The predicted molar refractivity (Wildman–Crippen MR) is 72.2 cm³/mol. The number of nitrogens with zero attached hydrogens (tertiary/aromatic N) is 3. The molecule has 4 heteroatoms. The lowest BCUT2D eigenvalue weighted by Crippen LogP contribution is -2.43. The van der Waals surface area contributed by atoms with Crippen LogP contribution in [0.15, 0.2) is 18.5 Å². The lowest BCUT2D eigenvalue weighted by atomic mass is 10.0. The Morgan fingerprint density at radius 2 is 2.12 bits per heavy atom. The summed E-state index contributed by atoms with van der Waals surface area (Å²) in [5.74, 6) is 0. The quantitative estimate of drug-likeness (QED) is 0.862. The van der Waals surface area contributed by atoms with E-state index in [-0.39, 0.29) is 0 Å². The van der Waals surface area contributed by atoms with Gasteiger partial charge in [0.1, 0.15) is 0 Å². The van der Waals surface area contributed by atoms with Gasteiger partial charge in [-0.1, -0.05) is 6.92 Å². The Balaban J connectivity index is 1.99. The minimum atomic E-state index is 0.612. The molecule has 1 aliphatic rings. The fourth-order valence-corrected chi connectivity index (χ4v) is 2.47. The molecule has 0 radical (unpaired) electrons. The topological polar surface area (TPSA) is 45.4 Å². The number of aromatic nitrogens is 1. The van der Waals surface area contributed by atoms with Crippen molar-refractivity contribution in [2.24, 2.45) is 0 Å². The predicted octanol–water partition coefficient (Wildman–Crippen LogP) is 1.58. The van der Waals surface area contributed by atoms with Gasteiger partial charge in [-0.25, -0.2) is 0 Å². The summed E-state index contributed by atoms with van der Waals surface area (Å²) in [7, 11) is 2.14. The summed E-state index contributed by atoms with van der Waals surface area (Å²) < 4.78 is 0. The molecule has 94 valence electrons. The highest BCUT2D eigenvalue weighted by molar-refractivity contribution is 5.53. The average molecular weight is 234 g/mol. The molecular weight excluding hydrogens is 212 g/mol. The highest BCUT2D eigenvalue weighted by Crippen LogP contribution is 2.22. The zero-order valence-corrected chi connectivity index (χ0v) is 10.8. The molecule has 1 aliphatic heterocycles. The van der Waals surface area contributed by atoms with E-state index in [2.05, 4.69) is 28.8 Å².